The molecule has 0 saturated carbocycles. The normalized spacial score (nSPS) is 13.9. The van der Waals surface area contributed by atoms with E-state index in [2.05, 4.69) is 172 Å². The van der Waals surface area contributed by atoms with Crippen LogP contribution in [0.4, 0.5) is 0 Å². The van der Waals surface area contributed by atoms with E-state index in [0.29, 0.717) is 17.4 Å². The van der Waals surface area contributed by atoms with Gasteiger partial charge in [-0.15, -0.1) is 0 Å². The number of allylic oxidation sites excluding steroid dienone is 26. The molecule has 0 aromatic rings. The minimum atomic E-state index is -4.40. The van der Waals surface area contributed by atoms with E-state index >= 15 is 0 Å². The first-order valence-corrected chi connectivity index (χ1v) is 40.7. The highest BCUT2D eigenvalue weighted by atomic mass is 31.2. The molecule has 96 heavy (non-hydrogen) atoms. The molecule has 2 unspecified atom stereocenters. The first-order valence-electron chi connectivity index (χ1n) is 39.2. The van der Waals surface area contributed by atoms with Crippen LogP contribution < -0.4 is 0 Å². The molecule has 0 amide bonds. The molecule has 0 aliphatic heterocycles. The zero-order valence-corrected chi connectivity index (χ0v) is 63.5. The van der Waals surface area contributed by atoms with Crippen LogP contribution in [0.1, 0.15) is 322 Å². The molecule has 0 aromatic heterocycles. The molecule has 0 aromatic carbocycles. The molecule has 2 atom stereocenters. The Labute approximate surface area is 592 Å². The van der Waals surface area contributed by atoms with Gasteiger partial charge >= 0.3 is 19.8 Å². The molecular weight excluding hydrogens is 1210 g/mol. The van der Waals surface area contributed by atoms with Gasteiger partial charge in [0.2, 0.25) is 0 Å². The van der Waals surface area contributed by atoms with Gasteiger partial charge in [-0.2, -0.15) is 0 Å². The van der Waals surface area contributed by atoms with Crippen LogP contribution in [-0.4, -0.2) is 74.9 Å². The van der Waals surface area contributed by atoms with Gasteiger partial charge in [0.05, 0.1) is 27.7 Å². The lowest BCUT2D eigenvalue weighted by Gasteiger charge is -2.24. The van der Waals surface area contributed by atoms with Gasteiger partial charge < -0.3 is 18.9 Å². The Bertz CT molecular complexity index is 2180. The zero-order chi connectivity index (χ0) is 69.7. The van der Waals surface area contributed by atoms with E-state index in [0.717, 1.165) is 122 Å². The van der Waals surface area contributed by atoms with Gasteiger partial charge in [-0.05, 0) is 122 Å². The summed E-state index contributed by atoms with van der Waals surface area (Å²) in [5.74, 6) is -0.794. The number of nitrogens with zero attached hydrogens (tertiary/aromatic N) is 1. The highest BCUT2D eigenvalue weighted by molar-refractivity contribution is 7.47. The molecule has 0 aliphatic carbocycles. The SMILES string of the molecule is CC/C=C\C/C=C\C/C=C\C/C=C\C/C=C\C/C=C\C/C=C\CCCCCCCCCCCCCCCCCCCC(=O)OC(COC(=O)CCCCCCCCCCCCCCCC/C=C\C/C=C\C/C=C\C/C=C\C/C=C\C/C=C\CC)COP(=O)(O)OCC[N+](C)(C)C. The second kappa shape index (κ2) is 74.8. The summed E-state index contributed by atoms with van der Waals surface area (Å²) in [6.45, 7) is 4.22. The maximum Gasteiger partial charge on any atom is 0.472 e. The first-order chi connectivity index (χ1) is 47.0. The van der Waals surface area contributed by atoms with Crippen molar-refractivity contribution in [2.45, 2.75) is 328 Å². The van der Waals surface area contributed by atoms with E-state index in [4.69, 9.17) is 18.5 Å². The number of esters is 2. The Morgan fingerprint density at radius 1 is 0.323 bits per heavy atom. The molecule has 1 N–H and O–H groups in total. The summed E-state index contributed by atoms with van der Waals surface area (Å²) in [4.78, 5) is 36.0. The summed E-state index contributed by atoms with van der Waals surface area (Å²) >= 11 is 0. The highest BCUT2D eigenvalue weighted by Crippen LogP contribution is 2.43. The Hall–Kier alpha value is -4.37. The van der Waals surface area contributed by atoms with E-state index in [1.165, 1.54) is 167 Å². The molecule has 0 heterocycles. The van der Waals surface area contributed by atoms with E-state index in [-0.39, 0.29) is 32.0 Å². The quantitative estimate of drug-likeness (QED) is 0.0211. The van der Waals surface area contributed by atoms with Crippen molar-refractivity contribution in [2.24, 2.45) is 0 Å². The molecule has 0 aliphatic rings. The number of unbranched alkanes of at least 4 members (excludes halogenated alkanes) is 31. The second-order valence-corrected chi connectivity index (χ2v) is 28.4. The third-order valence-electron chi connectivity index (χ3n) is 16.6. The fourth-order valence-electron chi connectivity index (χ4n) is 10.6. The van der Waals surface area contributed by atoms with Crippen molar-refractivity contribution in [2.75, 3.05) is 47.5 Å². The van der Waals surface area contributed by atoms with Gasteiger partial charge in [0.25, 0.3) is 0 Å². The predicted molar refractivity (Wildman–Crippen MR) is 417 cm³/mol. The standard InChI is InChI=1S/C86H146NO8P/c1-6-8-10-12-14-16-18-20-22-24-26-28-30-32-34-36-38-40-41-42-43-44-45-47-49-51-53-55-57-59-61-63-65-67-69-71-73-75-77-79-86(89)95-84(83-94-96(90,91)93-81-80-87(3,4)5)82-92-85(88)78-76-74-72-70-68-66-64-62-60-58-56-54-52-50-48-46-39-37-35-33-31-29-27-25-23-21-19-17-15-13-11-9-7-2/h8-11,14-17,20-23,26-29,32-35,38-40,42-43,46,84H,6-7,12-13,18-19,24-25,30-31,36-37,41,44-45,47-83H2,1-5H3/p+1/b10-8-,11-9-,16-14-,17-15-,22-20-,23-21-,28-26-,29-27-,34-32-,35-33-,40-38-,43-42-,46-39-. The number of carbonyl (C=O) groups is 2. The maximum absolute atomic E-state index is 12.9. The van der Waals surface area contributed by atoms with Gasteiger partial charge in [0.1, 0.15) is 19.8 Å². The van der Waals surface area contributed by atoms with Crippen molar-refractivity contribution >= 4 is 19.8 Å². The summed E-state index contributed by atoms with van der Waals surface area (Å²) < 4.78 is 34.8. The Balaban J connectivity index is 4.00. The second-order valence-electron chi connectivity index (χ2n) is 27.0. The van der Waals surface area contributed by atoms with E-state index < -0.39 is 26.5 Å². The number of phosphoric ester groups is 1. The average Bonchev–Trinajstić information content (AvgIpc) is 1.98. The molecule has 0 bridgehead atoms. The molecule has 0 spiro atoms. The molecular formula is C86H147NO8P+. The number of carbonyl (C=O) groups excluding carboxylic acids is 2. The Kier molecular flexibility index (Phi) is 71.4. The van der Waals surface area contributed by atoms with Crippen LogP contribution in [0.3, 0.4) is 0 Å². The number of phosphoric acid groups is 1. The van der Waals surface area contributed by atoms with Crippen molar-refractivity contribution in [3.8, 4) is 0 Å². The van der Waals surface area contributed by atoms with Crippen LogP contribution in [0.25, 0.3) is 0 Å². The van der Waals surface area contributed by atoms with Gasteiger partial charge in [-0.25, -0.2) is 4.57 Å². The van der Waals surface area contributed by atoms with Gasteiger partial charge in [-0.3, -0.25) is 18.6 Å². The fourth-order valence-corrected chi connectivity index (χ4v) is 11.4. The third-order valence-corrected chi connectivity index (χ3v) is 17.5. The Morgan fingerprint density at radius 2 is 0.562 bits per heavy atom. The van der Waals surface area contributed by atoms with E-state index in [1.54, 1.807) is 0 Å². The van der Waals surface area contributed by atoms with Gasteiger partial charge in [0.15, 0.2) is 6.10 Å². The zero-order valence-electron chi connectivity index (χ0n) is 62.6. The van der Waals surface area contributed by atoms with Crippen LogP contribution in [0.15, 0.2) is 158 Å². The van der Waals surface area contributed by atoms with Crippen molar-refractivity contribution in [1.29, 1.82) is 0 Å². The summed E-state index contributed by atoms with van der Waals surface area (Å²) in [6, 6.07) is 0. The van der Waals surface area contributed by atoms with Crippen molar-refractivity contribution in [3.05, 3.63) is 158 Å². The minimum Gasteiger partial charge on any atom is -0.462 e. The van der Waals surface area contributed by atoms with Gasteiger partial charge in [-0.1, -0.05) is 345 Å². The molecule has 10 heteroatoms. The lowest BCUT2D eigenvalue weighted by molar-refractivity contribution is -0.870. The van der Waals surface area contributed by atoms with E-state index in [1.807, 2.05) is 21.1 Å². The summed E-state index contributed by atoms with van der Waals surface area (Å²) in [7, 11) is 1.47. The molecule has 9 nitrogen and oxygen atoms in total. The Morgan fingerprint density at radius 3 is 0.833 bits per heavy atom. The summed E-state index contributed by atoms with van der Waals surface area (Å²) in [5, 5.41) is 0. The first kappa shape index (κ1) is 91.6. The summed E-state index contributed by atoms with van der Waals surface area (Å²) in [5.41, 5.74) is 0. The smallest absolute Gasteiger partial charge is 0.462 e. The van der Waals surface area contributed by atoms with Crippen LogP contribution in [-0.2, 0) is 32.7 Å². The lowest BCUT2D eigenvalue weighted by Crippen LogP contribution is -2.37. The molecule has 0 fully saturated rings. The number of rotatable bonds is 71. The monoisotopic (exact) mass is 1350 g/mol. The largest absolute Gasteiger partial charge is 0.472 e. The predicted octanol–water partition coefficient (Wildman–Crippen LogP) is 26.3. The summed E-state index contributed by atoms with van der Waals surface area (Å²) in [6.07, 6.45) is 112. The third kappa shape index (κ3) is 78.6. The van der Waals surface area contributed by atoms with Crippen LogP contribution in [0, 0.1) is 0 Å². The van der Waals surface area contributed by atoms with Gasteiger partial charge in [0, 0.05) is 12.8 Å². The molecule has 0 rings (SSSR count). The number of quaternary nitrogens is 1. The van der Waals surface area contributed by atoms with Crippen LogP contribution in [0.2, 0.25) is 0 Å². The topological polar surface area (TPSA) is 108 Å². The lowest BCUT2D eigenvalue weighted by atomic mass is 10.0. The van der Waals surface area contributed by atoms with Crippen molar-refractivity contribution in [3.63, 3.8) is 0 Å². The molecule has 0 radical (unpaired) electrons. The van der Waals surface area contributed by atoms with Crippen LogP contribution >= 0.6 is 7.82 Å². The molecule has 548 valence electrons. The average molecular weight is 1350 g/mol. The minimum absolute atomic E-state index is 0.0270. The van der Waals surface area contributed by atoms with E-state index in [9.17, 15) is 19.0 Å². The van der Waals surface area contributed by atoms with Crippen LogP contribution in [0.5, 0.6) is 0 Å². The maximum atomic E-state index is 12.9. The van der Waals surface area contributed by atoms with Crippen molar-refractivity contribution < 1.29 is 42.1 Å². The number of likely N-dealkylation sites (N-methyl/N-ethyl adjacent to an activating group) is 1. The molecule has 0 saturated heterocycles. The fraction of sp³-hybridized carbons (Fsp3) is 0.674. The number of ether oxygens (including phenoxy) is 2. The number of hydrogen-bond acceptors (Lipinski definition) is 7. The number of hydrogen-bond donors (Lipinski definition) is 1. The highest BCUT2D eigenvalue weighted by Gasteiger charge is 2.27. The van der Waals surface area contributed by atoms with Crippen molar-refractivity contribution in [1.82, 2.24) is 0 Å².